The molecule has 2 aromatic carbocycles. The molecule has 11 nitrogen and oxygen atoms in total. The molecule has 196 valence electrons. The summed E-state index contributed by atoms with van der Waals surface area (Å²) in [5, 5.41) is 12.1. The quantitative estimate of drug-likeness (QED) is 0.365. The van der Waals surface area contributed by atoms with Gasteiger partial charge in [-0.05, 0) is 56.2 Å². The molecular weight excluding hydrogens is 496 g/mol. The van der Waals surface area contributed by atoms with Gasteiger partial charge in [0.05, 0.1) is 23.5 Å². The largest absolute Gasteiger partial charge is 0.312 e. The van der Waals surface area contributed by atoms with E-state index in [-0.39, 0.29) is 36.3 Å². The fraction of sp³-hybridized carbons (Fsp3) is 0.214. The minimum absolute atomic E-state index is 0.101. The fourth-order valence-electron chi connectivity index (χ4n) is 4.86. The third-order valence-corrected chi connectivity index (χ3v) is 6.76. The first kappa shape index (κ1) is 24.3. The fourth-order valence-corrected chi connectivity index (χ4v) is 4.86. The molecule has 1 unspecified atom stereocenters. The maximum Gasteiger partial charge on any atom is 0.263 e. The molecule has 5 aromatic rings. The van der Waals surface area contributed by atoms with E-state index in [0.717, 1.165) is 22.5 Å². The first-order chi connectivity index (χ1) is 18.8. The van der Waals surface area contributed by atoms with Crippen molar-refractivity contribution >= 4 is 34.4 Å². The van der Waals surface area contributed by atoms with Crippen molar-refractivity contribution in [3.8, 4) is 11.6 Å². The summed E-state index contributed by atoms with van der Waals surface area (Å²) < 4.78 is 2.98. The van der Waals surface area contributed by atoms with Crippen LogP contribution in [0.25, 0.3) is 22.7 Å². The number of aromatic amines is 1. The molecule has 11 heteroatoms. The van der Waals surface area contributed by atoms with Crippen molar-refractivity contribution < 1.29 is 9.59 Å². The van der Waals surface area contributed by atoms with Crippen LogP contribution in [0, 0.1) is 26.7 Å². The molecular formula is C28H26N8O3. The molecule has 1 atom stereocenters. The molecule has 2 N–H and O–H groups in total. The summed E-state index contributed by atoms with van der Waals surface area (Å²) in [5.74, 6) is -0.490. The van der Waals surface area contributed by atoms with Crippen molar-refractivity contribution in [1.29, 1.82) is 0 Å². The standard InChI is InChI=1S/C28H26N8O3/c1-16-6-4-8-20(10-16)34-15-19(13-24(34)37)26(38)30-23-12-18(3)33-36(23)28-31-25-22(27(39)32-28)14-29-35(25)21-9-5-7-17(2)11-21/h4-12,14,19H,13,15H2,1-3H3,(H,30,38)(H,31,32,39). The van der Waals surface area contributed by atoms with E-state index in [0.29, 0.717) is 22.5 Å². The van der Waals surface area contributed by atoms with Crippen LogP contribution in [0.2, 0.25) is 0 Å². The number of aromatic nitrogens is 6. The summed E-state index contributed by atoms with van der Waals surface area (Å²) in [6.07, 6.45) is 1.57. The van der Waals surface area contributed by atoms with Gasteiger partial charge in [-0.3, -0.25) is 19.4 Å². The number of carbonyl (C=O) groups excluding carboxylic acids is 2. The summed E-state index contributed by atoms with van der Waals surface area (Å²) in [4.78, 5) is 48.0. The summed E-state index contributed by atoms with van der Waals surface area (Å²) in [7, 11) is 0. The number of nitrogens with one attached hydrogen (secondary N) is 2. The van der Waals surface area contributed by atoms with E-state index in [4.69, 9.17) is 0 Å². The lowest BCUT2D eigenvalue weighted by atomic mass is 10.1. The lowest BCUT2D eigenvalue weighted by Gasteiger charge is -2.17. The second kappa shape index (κ2) is 9.35. The zero-order chi connectivity index (χ0) is 27.3. The highest BCUT2D eigenvalue weighted by atomic mass is 16.2. The average Bonchev–Trinajstić information content (AvgIpc) is 3.60. The van der Waals surface area contributed by atoms with Gasteiger partial charge in [-0.25, -0.2) is 4.68 Å². The SMILES string of the molecule is Cc1cccc(N2CC(C(=O)Nc3cc(C)nn3-c3nc4c(cnn4-c4cccc(C)c4)c(=O)[nH]3)CC2=O)c1. The minimum atomic E-state index is -0.543. The Kier molecular flexibility index (Phi) is 5.82. The first-order valence-electron chi connectivity index (χ1n) is 12.6. The maximum absolute atomic E-state index is 13.3. The number of fused-ring (bicyclic) bond motifs is 1. The highest BCUT2D eigenvalue weighted by Gasteiger charge is 2.35. The van der Waals surface area contributed by atoms with Gasteiger partial charge in [0.1, 0.15) is 11.2 Å². The zero-order valence-electron chi connectivity index (χ0n) is 21.7. The highest BCUT2D eigenvalue weighted by Crippen LogP contribution is 2.27. The van der Waals surface area contributed by atoms with Gasteiger partial charge >= 0.3 is 0 Å². The number of aryl methyl sites for hydroxylation is 3. The minimum Gasteiger partial charge on any atom is -0.312 e. The molecule has 0 bridgehead atoms. The number of benzene rings is 2. The van der Waals surface area contributed by atoms with E-state index < -0.39 is 5.92 Å². The summed E-state index contributed by atoms with van der Waals surface area (Å²) in [6.45, 7) is 5.98. The third kappa shape index (κ3) is 4.48. The average molecular weight is 523 g/mol. The second-order valence-corrected chi connectivity index (χ2v) is 9.84. The Morgan fingerprint density at radius 2 is 1.69 bits per heavy atom. The topological polar surface area (TPSA) is 131 Å². The van der Waals surface area contributed by atoms with Crippen LogP contribution in [0.1, 0.15) is 23.2 Å². The van der Waals surface area contributed by atoms with E-state index in [1.165, 1.54) is 10.9 Å². The van der Waals surface area contributed by atoms with Crippen LogP contribution in [-0.2, 0) is 9.59 Å². The summed E-state index contributed by atoms with van der Waals surface area (Å²) >= 11 is 0. The Morgan fingerprint density at radius 1 is 0.974 bits per heavy atom. The number of nitrogens with zero attached hydrogens (tertiary/aromatic N) is 6. The van der Waals surface area contributed by atoms with Crippen LogP contribution in [0.15, 0.2) is 65.6 Å². The molecule has 3 aromatic heterocycles. The number of hydrogen-bond donors (Lipinski definition) is 2. The number of rotatable bonds is 5. The van der Waals surface area contributed by atoms with E-state index >= 15 is 0 Å². The van der Waals surface area contributed by atoms with Crippen LogP contribution in [-0.4, -0.2) is 47.9 Å². The Balaban J connectivity index is 1.31. The van der Waals surface area contributed by atoms with Crippen molar-refractivity contribution in [2.75, 3.05) is 16.8 Å². The first-order valence-corrected chi connectivity index (χ1v) is 12.6. The number of anilines is 2. The molecule has 0 radical (unpaired) electrons. The molecule has 1 fully saturated rings. The van der Waals surface area contributed by atoms with E-state index in [2.05, 4.69) is 25.5 Å². The van der Waals surface area contributed by atoms with E-state index in [1.807, 2.05) is 62.4 Å². The van der Waals surface area contributed by atoms with Gasteiger partial charge in [-0.1, -0.05) is 24.3 Å². The Bertz CT molecular complexity index is 1820. The van der Waals surface area contributed by atoms with Gasteiger partial charge in [0.2, 0.25) is 17.8 Å². The lowest BCUT2D eigenvalue weighted by molar-refractivity contribution is -0.122. The monoisotopic (exact) mass is 522 g/mol. The lowest BCUT2D eigenvalue weighted by Crippen LogP contribution is -2.29. The number of H-pyrrole nitrogens is 1. The van der Waals surface area contributed by atoms with Crippen molar-refractivity contribution in [3.05, 3.63) is 88.0 Å². The van der Waals surface area contributed by atoms with Gasteiger partial charge in [-0.15, -0.1) is 0 Å². The smallest absolute Gasteiger partial charge is 0.263 e. The molecule has 0 saturated carbocycles. The maximum atomic E-state index is 13.3. The molecule has 2 amide bonds. The predicted molar refractivity (Wildman–Crippen MR) is 146 cm³/mol. The van der Waals surface area contributed by atoms with Gasteiger partial charge in [-0.2, -0.15) is 19.9 Å². The Morgan fingerprint density at radius 3 is 2.44 bits per heavy atom. The summed E-state index contributed by atoms with van der Waals surface area (Å²) in [5.41, 5.74) is 4.22. The molecule has 0 aliphatic carbocycles. The molecule has 1 aliphatic rings. The molecule has 1 aliphatic heterocycles. The van der Waals surface area contributed by atoms with Crippen LogP contribution in [0.4, 0.5) is 11.5 Å². The molecule has 1 saturated heterocycles. The van der Waals surface area contributed by atoms with Gasteiger partial charge in [0, 0.05) is 24.7 Å². The highest BCUT2D eigenvalue weighted by molar-refractivity contribution is 6.03. The Labute approximate surface area is 223 Å². The second-order valence-electron chi connectivity index (χ2n) is 9.84. The van der Waals surface area contributed by atoms with Crippen LogP contribution in [0.5, 0.6) is 0 Å². The van der Waals surface area contributed by atoms with Crippen LogP contribution >= 0.6 is 0 Å². The van der Waals surface area contributed by atoms with Crippen LogP contribution in [0.3, 0.4) is 0 Å². The van der Waals surface area contributed by atoms with Crippen molar-refractivity contribution in [2.45, 2.75) is 27.2 Å². The van der Waals surface area contributed by atoms with Crippen molar-refractivity contribution in [2.24, 2.45) is 5.92 Å². The normalized spacial score (nSPS) is 15.3. The molecule has 0 spiro atoms. The zero-order valence-corrected chi connectivity index (χ0v) is 21.7. The van der Waals surface area contributed by atoms with E-state index in [9.17, 15) is 14.4 Å². The van der Waals surface area contributed by atoms with Gasteiger partial charge < -0.3 is 10.2 Å². The van der Waals surface area contributed by atoms with Crippen molar-refractivity contribution in [1.82, 2.24) is 29.5 Å². The third-order valence-electron chi connectivity index (χ3n) is 6.76. The van der Waals surface area contributed by atoms with E-state index in [1.54, 1.807) is 22.6 Å². The van der Waals surface area contributed by atoms with Crippen LogP contribution < -0.4 is 15.8 Å². The molecule has 4 heterocycles. The molecule has 39 heavy (non-hydrogen) atoms. The summed E-state index contributed by atoms with van der Waals surface area (Å²) in [6, 6.07) is 17.0. The van der Waals surface area contributed by atoms with Gasteiger partial charge in [0.15, 0.2) is 5.65 Å². The molecule has 6 rings (SSSR count). The number of amides is 2. The van der Waals surface area contributed by atoms with Crippen molar-refractivity contribution in [3.63, 3.8) is 0 Å². The van der Waals surface area contributed by atoms with Gasteiger partial charge in [0.25, 0.3) is 5.56 Å². The predicted octanol–water partition coefficient (Wildman–Crippen LogP) is 3.21. The Hall–Kier alpha value is -5.06. The number of hydrogen-bond acceptors (Lipinski definition) is 6. The number of carbonyl (C=O) groups is 2.